The van der Waals surface area contributed by atoms with Gasteiger partial charge in [0.2, 0.25) is 5.76 Å². The van der Waals surface area contributed by atoms with E-state index in [1.807, 2.05) is 0 Å². The first-order valence-electron chi connectivity index (χ1n) is 6.64. The fourth-order valence-electron chi connectivity index (χ4n) is 2.11. The summed E-state index contributed by atoms with van der Waals surface area (Å²) in [7, 11) is 0. The zero-order chi connectivity index (χ0) is 13.5. The standard InChI is InChI=1S/C14H23NO3/c1-4-11(5-2)9-15(6-3)10-12-7-8-18-13(12)14(16)17/h7-8,11H,4-6,9-10H2,1-3H3,(H,16,17). The maximum atomic E-state index is 11.0. The summed E-state index contributed by atoms with van der Waals surface area (Å²) in [4.78, 5) is 13.2. The number of hydrogen-bond acceptors (Lipinski definition) is 3. The van der Waals surface area contributed by atoms with Crippen molar-refractivity contribution in [2.45, 2.75) is 40.2 Å². The molecule has 0 aliphatic heterocycles. The molecule has 4 nitrogen and oxygen atoms in total. The van der Waals surface area contributed by atoms with Gasteiger partial charge in [-0.15, -0.1) is 0 Å². The van der Waals surface area contributed by atoms with Gasteiger partial charge in [-0.2, -0.15) is 0 Å². The Hall–Kier alpha value is -1.29. The van der Waals surface area contributed by atoms with E-state index in [-0.39, 0.29) is 5.76 Å². The lowest BCUT2D eigenvalue weighted by molar-refractivity contribution is 0.0659. The maximum Gasteiger partial charge on any atom is 0.372 e. The number of nitrogens with zero attached hydrogens (tertiary/aromatic N) is 1. The first kappa shape index (κ1) is 14.8. The van der Waals surface area contributed by atoms with Crippen molar-refractivity contribution in [2.75, 3.05) is 13.1 Å². The molecular weight excluding hydrogens is 230 g/mol. The van der Waals surface area contributed by atoms with Crippen LogP contribution in [0.3, 0.4) is 0 Å². The number of furan rings is 1. The van der Waals surface area contributed by atoms with Gasteiger partial charge in [-0.05, 0) is 18.5 Å². The Balaban J connectivity index is 2.67. The Kier molecular flexibility index (Phi) is 5.92. The molecule has 1 N–H and O–H groups in total. The molecule has 0 aliphatic carbocycles. The van der Waals surface area contributed by atoms with E-state index in [1.54, 1.807) is 6.07 Å². The zero-order valence-electron chi connectivity index (χ0n) is 11.5. The summed E-state index contributed by atoms with van der Waals surface area (Å²) in [5, 5.41) is 9.00. The van der Waals surface area contributed by atoms with E-state index in [1.165, 1.54) is 6.26 Å². The number of aromatic carboxylic acids is 1. The van der Waals surface area contributed by atoms with E-state index in [9.17, 15) is 4.79 Å². The average Bonchev–Trinajstić information content (AvgIpc) is 2.82. The van der Waals surface area contributed by atoms with Crippen LogP contribution in [-0.2, 0) is 6.54 Å². The number of rotatable bonds is 8. The number of carboxylic acid groups (broad SMARTS) is 1. The molecule has 0 unspecified atom stereocenters. The second-order valence-corrected chi connectivity index (χ2v) is 4.59. The molecule has 0 bridgehead atoms. The summed E-state index contributed by atoms with van der Waals surface area (Å²) >= 11 is 0. The zero-order valence-corrected chi connectivity index (χ0v) is 11.5. The molecule has 0 radical (unpaired) electrons. The molecule has 18 heavy (non-hydrogen) atoms. The van der Waals surface area contributed by atoms with Crippen LogP contribution in [0, 0.1) is 5.92 Å². The van der Waals surface area contributed by atoms with E-state index in [4.69, 9.17) is 9.52 Å². The minimum Gasteiger partial charge on any atom is -0.475 e. The fourth-order valence-corrected chi connectivity index (χ4v) is 2.11. The van der Waals surface area contributed by atoms with Crippen molar-refractivity contribution in [3.05, 3.63) is 23.7 Å². The number of carboxylic acids is 1. The summed E-state index contributed by atoms with van der Waals surface area (Å²) < 4.78 is 5.00. The van der Waals surface area contributed by atoms with E-state index in [0.717, 1.165) is 31.5 Å². The minimum absolute atomic E-state index is 0.0676. The summed E-state index contributed by atoms with van der Waals surface area (Å²) in [6, 6.07) is 1.75. The van der Waals surface area contributed by atoms with Crippen LogP contribution in [0.5, 0.6) is 0 Å². The van der Waals surface area contributed by atoms with Gasteiger partial charge in [0.15, 0.2) is 0 Å². The lowest BCUT2D eigenvalue weighted by Gasteiger charge is -2.24. The third-order valence-electron chi connectivity index (χ3n) is 3.45. The second-order valence-electron chi connectivity index (χ2n) is 4.59. The van der Waals surface area contributed by atoms with Crippen LogP contribution in [0.2, 0.25) is 0 Å². The van der Waals surface area contributed by atoms with Crippen LogP contribution in [0.1, 0.15) is 49.7 Å². The highest BCUT2D eigenvalue weighted by Gasteiger charge is 2.17. The Morgan fingerprint density at radius 2 is 2.06 bits per heavy atom. The van der Waals surface area contributed by atoms with E-state index in [2.05, 4.69) is 25.7 Å². The smallest absolute Gasteiger partial charge is 0.372 e. The predicted molar refractivity (Wildman–Crippen MR) is 70.7 cm³/mol. The lowest BCUT2D eigenvalue weighted by Crippen LogP contribution is -2.29. The molecule has 0 aromatic carbocycles. The Labute approximate surface area is 109 Å². The van der Waals surface area contributed by atoms with E-state index in [0.29, 0.717) is 12.5 Å². The van der Waals surface area contributed by atoms with Gasteiger partial charge in [-0.3, -0.25) is 4.90 Å². The van der Waals surface area contributed by atoms with E-state index < -0.39 is 5.97 Å². The van der Waals surface area contributed by atoms with Crippen molar-refractivity contribution in [1.82, 2.24) is 4.90 Å². The van der Waals surface area contributed by atoms with Gasteiger partial charge in [0.1, 0.15) is 0 Å². The summed E-state index contributed by atoms with van der Waals surface area (Å²) in [5.41, 5.74) is 0.760. The van der Waals surface area contributed by atoms with Crippen molar-refractivity contribution in [1.29, 1.82) is 0 Å². The molecule has 4 heteroatoms. The molecule has 1 aromatic heterocycles. The van der Waals surface area contributed by atoms with Crippen LogP contribution in [0.25, 0.3) is 0 Å². The van der Waals surface area contributed by atoms with Gasteiger partial charge in [0, 0.05) is 18.7 Å². The number of hydrogen-bond donors (Lipinski definition) is 1. The molecule has 1 rings (SSSR count). The van der Waals surface area contributed by atoms with Crippen LogP contribution >= 0.6 is 0 Å². The maximum absolute atomic E-state index is 11.0. The van der Waals surface area contributed by atoms with Crippen LogP contribution in [0.4, 0.5) is 0 Å². The van der Waals surface area contributed by atoms with Crippen LogP contribution in [0.15, 0.2) is 16.7 Å². The molecule has 0 fully saturated rings. The van der Waals surface area contributed by atoms with Crippen molar-refractivity contribution < 1.29 is 14.3 Å². The molecule has 0 spiro atoms. The van der Waals surface area contributed by atoms with Crippen molar-refractivity contribution in [3.8, 4) is 0 Å². The van der Waals surface area contributed by atoms with Gasteiger partial charge in [-0.25, -0.2) is 4.79 Å². The third kappa shape index (κ3) is 3.88. The van der Waals surface area contributed by atoms with Gasteiger partial charge >= 0.3 is 5.97 Å². The molecule has 1 aromatic rings. The highest BCUT2D eigenvalue weighted by molar-refractivity contribution is 5.86. The Morgan fingerprint density at radius 1 is 1.39 bits per heavy atom. The first-order chi connectivity index (χ1) is 8.62. The van der Waals surface area contributed by atoms with Gasteiger partial charge in [-0.1, -0.05) is 33.6 Å². The first-order valence-corrected chi connectivity index (χ1v) is 6.64. The molecule has 1 heterocycles. The van der Waals surface area contributed by atoms with Crippen molar-refractivity contribution >= 4 is 5.97 Å². The second kappa shape index (κ2) is 7.21. The van der Waals surface area contributed by atoms with Crippen molar-refractivity contribution in [3.63, 3.8) is 0 Å². The van der Waals surface area contributed by atoms with Gasteiger partial charge < -0.3 is 9.52 Å². The molecule has 0 amide bonds. The molecule has 0 saturated carbocycles. The summed E-state index contributed by atoms with van der Waals surface area (Å²) in [6.45, 7) is 9.06. The largest absolute Gasteiger partial charge is 0.475 e. The highest BCUT2D eigenvalue weighted by Crippen LogP contribution is 2.16. The average molecular weight is 253 g/mol. The van der Waals surface area contributed by atoms with E-state index >= 15 is 0 Å². The minimum atomic E-state index is -0.992. The third-order valence-corrected chi connectivity index (χ3v) is 3.45. The SMILES string of the molecule is CCC(CC)CN(CC)Cc1ccoc1C(=O)O. The summed E-state index contributed by atoms with van der Waals surface area (Å²) in [6.07, 6.45) is 3.76. The topological polar surface area (TPSA) is 53.7 Å². The fraction of sp³-hybridized carbons (Fsp3) is 0.643. The molecular formula is C14H23NO3. The van der Waals surface area contributed by atoms with Crippen LogP contribution < -0.4 is 0 Å². The molecule has 0 atom stereocenters. The van der Waals surface area contributed by atoms with Crippen LogP contribution in [-0.4, -0.2) is 29.1 Å². The molecule has 0 saturated heterocycles. The lowest BCUT2D eigenvalue weighted by atomic mass is 10.0. The molecule has 0 aliphatic rings. The summed E-state index contributed by atoms with van der Waals surface area (Å²) in [5.74, 6) is -0.253. The van der Waals surface area contributed by atoms with Gasteiger partial charge in [0.05, 0.1) is 6.26 Å². The quantitative estimate of drug-likeness (QED) is 0.772. The predicted octanol–water partition coefficient (Wildman–Crippen LogP) is 3.24. The number of carbonyl (C=O) groups is 1. The van der Waals surface area contributed by atoms with Gasteiger partial charge in [0.25, 0.3) is 0 Å². The normalized spacial score (nSPS) is 11.4. The molecule has 102 valence electrons. The van der Waals surface area contributed by atoms with Crippen molar-refractivity contribution in [2.24, 2.45) is 5.92 Å². The Bertz CT molecular complexity index is 369. The highest BCUT2D eigenvalue weighted by atomic mass is 16.4. The Morgan fingerprint density at radius 3 is 2.56 bits per heavy atom. The monoisotopic (exact) mass is 253 g/mol.